The Morgan fingerprint density at radius 2 is 2.14 bits per heavy atom. The quantitative estimate of drug-likeness (QED) is 0.806. The molecule has 22 heavy (non-hydrogen) atoms. The van der Waals surface area contributed by atoms with E-state index in [4.69, 9.17) is 4.74 Å². The number of aliphatic hydroxyl groups excluding tert-OH is 1. The molecule has 1 aromatic heterocycles. The molecule has 1 heterocycles. The zero-order valence-corrected chi connectivity index (χ0v) is 12.8. The number of ether oxygens (including phenoxy) is 1. The van der Waals surface area contributed by atoms with Gasteiger partial charge in [0.2, 0.25) is 5.91 Å². The first-order valence-electron chi connectivity index (χ1n) is 7.14. The number of nitrogens with zero attached hydrogens (tertiary/aromatic N) is 2. The monoisotopic (exact) mass is 303 g/mol. The van der Waals surface area contributed by atoms with Gasteiger partial charge in [-0.15, -0.1) is 0 Å². The van der Waals surface area contributed by atoms with Gasteiger partial charge in [-0.3, -0.25) is 9.48 Å². The molecule has 0 spiro atoms. The highest BCUT2D eigenvalue weighted by Gasteiger charge is 2.10. The number of methoxy groups -OCH3 is 1. The number of hydrogen-bond acceptors (Lipinski definition) is 4. The Bertz CT molecular complexity index is 607. The second-order valence-corrected chi connectivity index (χ2v) is 5.12. The third kappa shape index (κ3) is 4.60. The van der Waals surface area contributed by atoms with Crippen molar-refractivity contribution in [3.05, 3.63) is 47.8 Å². The van der Waals surface area contributed by atoms with Crippen LogP contribution in [-0.2, 0) is 18.3 Å². The van der Waals surface area contributed by atoms with Gasteiger partial charge in [0.1, 0.15) is 5.75 Å². The molecule has 6 nitrogen and oxygen atoms in total. The Hall–Kier alpha value is -2.34. The summed E-state index contributed by atoms with van der Waals surface area (Å²) in [6, 6.07) is 7.13. The van der Waals surface area contributed by atoms with Crippen molar-refractivity contribution in [3.63, 3.8) is 0 Å². The number of amides is 1. The SMILES string of the molecule is COc1ccc(C(O)CNC(=O)CCc2cnn(C)c2)cc1. The first kappa shape index (κ1) is 16.0. The summed E-state index contributed by atoms with van der Waals surface area (Å²) in [5, 5.41) is 16.8. The predicted molar refractivity (Wildman–Crippen MR) is 82.5 cm³/mol. The first-order valence-corrected chi connectivity index (χ1v) is 7.14. The molecule has 1 aromatic carbocycles. The van der Waals surface area contributed by atoms with Gasteiger partial charge in [-0.05, 0) is 29.7 Å². The van der Waals surface area contributed by atoms with Gasteiger partial charge in [-0.25, -0.2) is 0 Å². The molecule has 6 heteroatoms. The Morgan fingerprint density at radius 3 is 2.73 bits per heavy atom. The molecular weight excluding hydrogens is 282 g/mol. The van der Waals surface area contributed by atoms with E-state index in [1.165, 1.54) is 0 Å². The van der Waals surface area contributed by atoms with E-state index in [-0.39, 0.29) is 12.5 Å². The van der Waals surface area contributed by atoms with Crippen LogP contribution in [0.2, 0.25) is 0 Å². The summed E-state index contributed by atoms with van der Waals surface area (Å²) in [5.74, 6) is 0.646. The molecule has 1 unspecified atom stereocenters. The summed E-state index contributed by atoms with van der Waals surface area (Å²) in [5.41, 5.74) is 1.77. The van der Waals surface area contributed by atoms with Gasteiger partial charge < -0.3 is 15.2 Å². The van der Waals surface area contributed by atoms with Gasteiger partial charge in [-0.1, -0.05) is 12.1 Å². The van der Waals surface area contributed by atoms with Gasteiger partial charge in [0.25, 0.3) is 0 Å². The van der Waals surface area contributed by atoms with Gasteiger partial charge in [0, 0.05) is 26.2 Å². The summed E-state index contributed by atoms with van der Waals surface area (Å²) < 4.78 is 6.77. The van der Waals surface area contributed by atoms with E-state index in [0.29, 0.717) is 12.8 Å². The molecule has 0 saturated heterocycles. The standard InChI is InChI=1S/C16H21N3O3/c1-19-11-12(9-18-19)3-8-16(21)17-10-15(20)13-4-6-14(22-2)7-5-13/h4-7,9,11,15,20H,3,8,10H2,1-2H3,(H,17,21). The van der Waals surface area contributed by atoms with Crippen molar-refractivity contribution in [2.75, 3.05) is 13.7 Å². The maximum atomic E-state index is 11.8. The molecular formula is C16H21N3O3. The Balaban J connectivity index is 1.74. The predicted octanol–water partition coefficient (Wildman–Crippen LogP) is 1.21. The van der Waals surface area contributed by atoms with Crippen LogP contribution in [0, 0.1) is 0 Å². The van der Waals surface area contributed by atoms with E-state index in [0.717, 1.165) is 16.9 Å². The van der Waals surface area contributed by atoms with E-state index in [1.54, 1.807) is 42.3 Å². The minimum absolute atomic E-state index is 0.0867. The highest BCUT2D eigenvalue weighted by atomic mass is 16.5. The van der Waals surface area contributed by atoms with E-state index < -0.39 is 6.10 Å². The van der Waals surface area contributed by atoms with Crippen molar-refractivity contribution in [1.29, 1.82) is 0 Å². The number of rotatable bonds is 7. The number of carbonyl (C=O) groups excluding carboxylic acids is 1. The van der Waals surface area contributed by atoms with Crippen LogP contribution >= 0.6 is 0 Å². The molecule has 0 aliphatic rings. The van der Waals surface area contributed by atoms with Crippen LogP contribution in [0.3, 0.4) is 0 Å². The molecule has 0 aliphatic carbocycles. The molecule has 0 aliphatic heterocycles. The summed E-state index contributed by atoms with van der Waals surface area (Å²) in [4.78, 5) is 11.8. The van der Waals surface area contributed by atoms with Crippen molar-refractivity contribution >= 4 is 5.91 Å². The fourth-order valence-electron chi connectivity index (χ4n) is 2.10. The van der Waals surface area contributed by atoms with Crippen LogP contribution in [0.5, 0.6) is 5.75 Å². The lowest BCUT2D eigenvalue weighted by Crippen LogP contribution is -2.28. The smallest absolute Gasteiger partial charge is 0.220 e. The minimum atomic E-state index is -0.728. The van der Waals surface area contributed by atoms with Crippen LogP contribution in [0.1, 0.15) is 23.7 Å². The van der Waals surface area contributed by atoms with Crippen molar-refractivity contribution in [2.45, 2.75) is 18.9 Å². The van der Waals surface area contributed by atoms with Crippen LogP contribution in [0.25, 0.3) is 0 Å². The van der Waals surface area contributed by atoms with Crippen molar-refractivity contribution < 1.29 is 14.6 Å². The molecule has 2 rings (SSSR count). The maximum Gasteiger partial charge on any atom is 0.220 e. The molecule has 0 radical (unpaired) electrons. The number of aromatic nitrogens is 2. The number of aliphatic hydroxyl groups is 1. The fourth-order valence-corrected chi connectivity index (χ4v) is 2.10. The second kappa shape index (κ2) is 7.61. The maximum absolute atomic E-state index is 11.8. The minimum Gasteiger partial charge on any atom is -0.497 e. The molecule has 118 valence electrons. The number of hydrogen-bond donors (Lipinski definition) is 2. The lowest BCUT2D eigenvalue weighted by molar-refractivity contribution is -0.121. The third-order valence-electron chi connectivity index (χ3n) is 3.39. The Kier molecular flexibility index (Phi) is 5.55. The largest absolute Gasteiger partial charge is 0.497 e. The van der Waals surface area contributed by atoms with E-state index in [1.807, 2.05) is 13.2 Å². The van der Waals surface area contributed by atoms with Gasteiger partial charge in [0.15, 0.2) is 0 Å². The summed E-state index contributed by atoms with van der Waals surface area (Å²) in [6.07, 6.45) is 3.92. The van der Waals surface area contributed by atoms with Crippen LogP contribution in [0.4, 0.5) is 0 Å². The second-order valence-electron chi connectivity index (χ2n) is 5.12. The van der Waals surface area contributed by atoms with Crippen molar-refractivity contribution in [1.82, 2.24) is 15.1 Å². The van der Waals surface area contributed by atoms with Crippen LogP contribution < -0.4 is 10.1 Å². The Labute approximate surface area is 129 Å². The van der Waals surface area contributed by atoms with E-state index >= 15 is 0 Å². The molecule has 2 aromatic rings. The molecule has 1 amide bonds. The van der Waals surface area contributed by atoms with Crippen molar-refractivity contribution in [3.8, 4) is 5.75 Å². The average molecular weight is 303 g/mol. The van der Waals surface area contributed by atoms with Crippen LogP contribution in [-0.4, -0.2) is 34.4 Å². The van der Waals surface area contributed by atoms with Crippen LogP contribution in [0.15, 0.2) is 36.7 Å². The summed E-state index contributed by atoms with van der Waals surface area (Å²) >= 11 is 0. The lowest BCUT2D eigenvalue weighted by Gasteiger charge is -2.12. The molecule has 1 atom stereocenters. The number of aryl methyl sites for hydroxylation is 2. The number of carbonyl (C=O) groups is 1. The summed E-state index contributed by atoms with van der Waals surface area (Å²) in [6.45, 7) is 0.193. The summed E-state index contributed by atoms with van der Waals surface area (Å²) in [7, 11) is 3.43. The molecule has 0 saturated carbocycles. The number of nitrogens with one attached hydrogen (secondary N) is 1. The average Bonchev–Trinajstić information content (AvgIpc) is 2.96. The first-order chi connectivity index (χ1) is 10.6. The molecule has 2 N–H and O–H groups in total. The van der Waals surface area contributed by atoms with Gasteiger partial charge >= 0.3 is 0 Å². The lowest BCUT2D eigenvalue weighted by atomic mass is 10.1. The highest BCUT2D eigenvalue weighted by molar-refractivity contribution is 5.76. The normalized spacial score (nSPS) is 12.0. The van der Waals surface area contributed by atoms with E-state index in [2.05, 4.69) is 10.4 Å². The molecule has 0 fully saturated rings. The Morgan fingerprint density at radius 1 is 1.41 bits per heavy atom. The van der Waals surface area contributed by atoms with Gasteiger partial charge in [-0.2, -0.15) is 5.10 Å². The zero-order valence-electron chi connectivity index (χ0n) is 12.8. The van der Waals surface area contributed by atoms with Gasteiger partial charge in [0.05, 0.1) is 19.4 Å². The van der Waals surface area contributed by atoms with E-state index in [9.17, 15) is 9.90 Å². The number of benzene rings is 1. The topological polar surface area (TPSA) is 76.4 Å². The third-order valence-corrected chi connectivity index (χ3v) is 3.39. The highest BCUT2D eigenvalue weighted by Crippen LogP contribution is 2.16. The molecule has 0 bridgehead atoms. The van der Waals surface area contributed by atoms with Crippen molar-refractivity contribution in [2.24, 2.45) is 7.05 Å². The zero-order chi connectivity index (χ0) is 15.9. The fraction of sp³-hybridized carbons (Fsp3) is 0.375.